The molecule has 2 rings (SSSR count). The van der Waals surface area contributed by atoms with Crippen molar-refractivity contribution in [3.63, 3.8) is 0 Å². The van der Waals surface area contributed by atoms with Crippen LogP contribution in [0.3, 0.4) is 0 Å². The third-order valence-electron chi connectivity index (χ3n) is 4.20. The second-order valence-corrected chi connectivity index (χ2v) is 5.46. The van der Waals surface area contributed by atoms with Crippen LogP contribution in [0.2, 0.25) is 0 Å². The third-order valence-corrected chi connectivity index (χ3v) is 4.20. The standard InChI is InChI=1S/C14H22O3/c15-13(16)12(11-7-3-1-4-8-11)14(17)9-5-2-6-10-14/h7,12,17H,1-6,8-10H2,(H,15,16)/t12-/m1/s1. The smallest absolute Gasteiger partial charge is 0.313 e. The van der Waals surface area contributed by atoms with Crippen molar-refractivity contribution in [3.05, 3.63) is 11.6 Å². The average molecular weight is 238 g/mol. The normalized spacial score (nSPS) is 26.1. The van der Waals surface area contributed by atoms with E-state index < -0.39 is 17.5 Å². The van der Waals surface area contributed by atoms with E-state index in [2.05, 4.69) is 6.08 Å². The Labute approximate surface area is 103 Å². The predicted molar refractivity (Wildman–Crippen MR) is 65.7 cm³/mol. The summed E-state index contributed by atoms with van der Waals surface area (Å²) in [7, 11) is 0. The first-order valence-corrected chi connectivity index (χ1v) is 6.77. The molecule has 0 aliphatic heterocycles. The number of carboxylic acids is 1. The van der Waals surface area contributed by atoms with E-state index in [1.165, 1.54) is 0 Å². The molecule has 0 heterocycles. The minimum absolute atomic E-state index is 0.640. The first-order chi connectivity index (χ1) is 8.13. The van der Waals surface area contributed by atoms with Crippen molar-refractivity contribution < 1.29 is 15.0 Å². The van der Waals surface area contributed by atoms with Crippen LogP contribution in [0, 0.1) is 5.92 Å². The Morgan fingerprint density at radius 1 is 1.18 bits per heavy atom. The average Bonchev–Trinajstić information content (AvgIpc) is 2.30. The molecule has 0 amide bonds. The Morgan fingerprint density at radius 3 is 2.41 bits per heavy atom. The van der Waals surface area contributed by atoms with E-state index in [0.29, 0.717) is 12.8 Å². The van der Waals surface area contributed by atoms with Crippen molar-refractivity contribution >= 4 is 5.97 Å². The number of hydrogen-bond donors (Lipinski definition) is 2. The van der Waals surface area contributed by atoms with Gasteiger partial charge in [-0.3, -0.25) is 4.79 Å². The lowest BCUT2D eigenvalue weighted by molar-refractivity contribution is -0.151. The lowest BCUT2D eigenvalue weighted by Crippen LogP contribution is -2.45. The number of aliphatic hydroxyl groups is 1. The van der Waals surface area contributed by atoms with Gasteiger partial charge >= 0.3 is 5.97 Å². The minimum atomic E-state index is -0.993. The highest BCUT2D eigenvalue weighted by molar-refractivity contribution is 5.75. The third kappa shape index (κ3) is 2.71. The van der Waals surface area contributed by atoms with Crippen molar-refractivity contribution in [1.82, 2.24) is 0 Å². The number of hydrogen-bond acceptors (Lipinski definition) is 2. The van der Waals surface area contributed by atoms with Crippen molar-refractivity contribution in [3.8, 4) is 0 Å². The van der Waals surface area contributed by atoms with E-state index in [4.69, 9.17) is 0 Å². The second-order valence-electron chi connectivity index (χ2n) is 5.46. The lowest BCUT2D eigenvalue weighted by atomic mass is 9.70. The molecule has 1 saturated carbocycles. The zero-order valence-corrected chi connectivity index (χ0v) is 10.3. The van der Waals surface area contributed by atoms with Crippen LogP contribution in [0.4, 0.5) is 0 Å². The van der Waals surface area contributed by atoms with Crippen molar-refractivity contribution in [2.24, 2.45) is 5.92 Å². The van der Waals surface area contributed by atoms with Gasteiger partial charge in [-0.15, -0.1) is 0 Å². The fourth-order valence-corrected chi connectivity index (χ4v) is 3.31. The maximum Gasteiger partial charge on any atom is 0.313 e. The Balaban J connectivity index is 2.21. The fraction of sp³-hybridized carbons (Fsp3) is 0.786. The summed E-state index contributed by atoms with van der Waals surface area (Å²) >= 11 is 0. The molecule has 2 aliphatic carbocycles. The topological polar surface area (TPSA) is 57.5 Å². The lowest BCUT2D eigenvalue weighted by Gasteiger charge is -2.38. The molecule has 0 bridgehead atoms. The molecule has 0 spiro atoms. The molecule has 0 saturated heterocycles. The number of rotatable bonds is 3. The molecule has 3 heteroatoms. The van der Waals surface area contributed by atoms with E-state index in [0.717, 1.165) is 50.5 Å². The summed E-state index contributed by atoms with van der Waals surface area (Å²) in [5.74, 6) is -1.51. The first kappa shape index (κ1) is 12.6. The molecule has 0 aromatic carbocycles. The molecule has 0 aromatic heterocycles. The van der Waals surface area contributed by atoms with Crippen LogP contribution in [0.1, 0.15) is 57.8 Å². The van der Waals surface area contributed by atoms with Gasteiger partial charge in [-0.1, -0.05) is 30.9 Å². The molecule has 0 radical (unpaired) electrons. The van der Waals surface area contributed by atoms with E-state index >= 15 is 0 Å². The van der Waals surface area contributed by atoms with Gasteiger partial charge in [0.25, 0.3) is 0 Å². The van der Waals surface area contributed by atoms with Gasteiger partial charge in [-0.25, -0.2) is 0 Å². The number of carboxylic acid groups (broad SMARTS) is 1. The van der Waals surface area contributed by atoms with Crippen molar-refractivity contribution in [1.29, 1.82) is 0 Å². The summed E-state index contributed by atoms with van der Waals surface area (Å²) in [6, 6.07) is 0. The second kappa shape index (κ2) is 5.21. The monoisotopic (exact) mass is 238 g/mol. The number of aliphatic carboxylic acids is 1. The highest BCUT2D eigenvalue weighted by Gasteiger charge is 2.44. The van der Waals surface area contributed by atoms with Gasteiger partial charge in [0, 0.05) is 0 Å². The first-order valence-electron chi connectivity index (χ1n) is 6.77. The molecule has 17 heavy (non-hydrogen) atoms. The fourth-order valence-electron chi connectivity index (χ4n) is 3.31. The Hall–Kier alpha value is -0.830. The zero-order valence-electron chi connectivity index (χ0n) is 10.3. The van der Waals surface area contributed by atoms with Gasteiger partial charge in [0.15, 0.2) is 0 Å². The Morgan fingerprint density at radius 2 is 1.88 bits per heavy atom. The molecule has 2 N–H and O–H groups in total. The minimum Gasteiger partial charge on any atom is -0.481 e. The molecular formula is C14H22O3. The molecule has 96 valence electrons. The van der Waals surface area contributed by atoms with Crippen LogP contribution in [0.25, 0.3) is 0 Å². The summed E-state index contributed by atoms with van der Waals surface area (Å²) in [6.07, 6.45) is 10.4. The van der Waals surface area contributed by atoms with Gasteiger partial charge in [0.2, 0.25) is 0 Å². The van der Waals surface area contributed by atoms with Crippen molar-refractivity contribution in [2.45, 2.75) is 63.4 Å². The van der Waals surface area contributed by atoms with Crippen molar-refractivity contribution in [2.75, 3.05) is 0 Å². The van der Waals surface area contributed by atoms with Gasteiger partial charge in [-0.05, 0) is 38.5 Å². The summed E-state index contributed by atoms with van der Waals surface area (Å²) in [4.78, 5) is 11.5. The maximum atomic E-state index is 11.5. The quantitative estimate of drug-likeness (QED) is 0.743. The van der Waals surface area contributed by atoms with Crippen LogP contribution in [-0.2, 0) is 4.79 Å². The maximum absolute atomic E-state index is 11.5. The van der Waals surface area contributed by atoms with E-state index in [1.807, 2.05) is 0 Å². The summed E-state index contributed by atoms with van der Waals surface area (Å²) in [5, 5.41) is 20.1. The molecule has 3 nitrogen and oxygen atoms in total. The molecular weight excluding hydrogens is 216 g/mol. The Kier molecular flexibility index (Phi) is 3.87. The van der Waals surface area contributed by atoms with Gasteiger partial charge in [0.05, 0.1) is 5.60 Å². The summed E-state index contributed by atoms with van der Waals surface area (Å²) in [5.41, 5.74) is -0.0269. The van der Waals surface area contributed by atoms with Crippen LogP contribution in [-0.4, -0.2) is 21.8 Å². The molecule has 1 atom stereocenters. The van der Waals surface area contributed by atoms with Gasteiger partial charge in [-0.2, -0.15) is 0 Å². The Bertz CT molecular complexity index is 313. The van der Waals surface area contributed by atoms with E-state index in [9.17, 15) is 15.0 Å². The van der Waals surface area contributed by atoms with E-state index in [1.54, 1.807) is 0 Å². The van der Waals surface area contributed by atoms with Gasteiger partial charge < -0.3 is 10.2 Å². The SMILES string of the molecule is O=C(O)[C@@H](C1=CCCCC1)C1(O)CCCCC1. The number of allylic oxidation sites excluding steroid dienone is 1. The summed E-state index contributed by atoms with van der Waals surface area (Å²) < 4.78 is 0. The largest absolute Gasteiger partial charge is 0.481 e. The van der Waals surface area contributed by atoms with E-state index in [-0.39, 0.29) is 0 Å². The molecule has 1 fully saturated rings. The van der Waals surface area contributed by atoms with Crippen LogP contribution >= 0.6 is 0 Å². The van der Waals surface area contributed by atoms with Crippen LogP contribution in [0.15, 0.2) is 11.6 Å². The van der Waals surface area contributed by atoms with Crippen LogP contribution in [0.5, 0.6) is 0 Å². The highest BCUT2D eigenvalue weighted by atomic mass is 16.4. The highest BCUT2D eigenvalue weighted by Crippen LogP contribution is 2.40. The zero-order chi connectivity index (χ0) is 12.3. The number of carbonyl (C=O) groups is 1. The summed E-state index contributed by atoms with van der Waals surface area (Å²) in [6.45, 7) is 0. The molecule has 2 aliphatic rings. The van der Waals surface area contributed by atoms with Crippen LogP contribution < -0.4 is 0 Å². The van der Waals surface area contributed by atoms with Gasteiger partial charge in [0.1, 0.15) is 5.92 Å². The molecule has 0 unspecified atom stereocenters. The predicted octanol–water partition coefficient (Wildman–Crippen LogP) is 2.88. The molecule has 0 aromatic rings.